The van der Waals surface area contributed by atoms with Crippen molar-refractivity contribution in [2.45, 2.75) is 6.04 Å². The van der Waals surface area contributed by atoms with Gasteiger partial charge in [-0.1, -0.05) is 83.9 Å². The van der Waals surface area contributed by atoms with Gasteiger partial charge in [-0.05, 0) is 47.5 Å². The highest BCUT2D eigenvalue weighted by atomic mass is 35.5. The van der Waals surface area contributed by atoms with E-state index in [4.69, 9.17) is 37.8 Å². The lowest BCUT2D eigenvalue weighted by Crippen LogP contribution is -2.31. The van der Waals surface area contributed by atoms with Gasteiger partial charge in [0.05, 0.1) is 41.7 Å². The number of nitrogens with zero attached hydrogens (tertiary/aromatic N) is 2. The lowest BCUT2D eigenvalue weighted by atomic mass is 9.98. The molecule has 1 aromatic heterocycles. The summed E-state index contributed by atoms with van der Waals surface area (Å²) in [7, 11) is 3.16. The third-order valence-corrected chi connectivity index (χ3v) is 7.05. The lowest BCUT2D eigenvalue weighted by molar-refractivity contribution is 0.0935. The van der Waals surface area contributed by atoms with Gasteiger partial charge in [-0.3, -0.25) is 4.79 Å². The van der Waals surface area contributed by atoms with Crippen molar-refractivity contribution in [2.24, 2.45) is 0 Å². The van der Waals surface area contributed by atoms with Crippen molar-refractivity contribution >= 4 is 29.1 Å². The first-order valence-electron chi connectivity index (χ1n) is 12.2. The number of ether oxygens (including phenoxy) is 2. The van der Waals surface area contributed by atoms with E-state index >= 15 is 0 Å². The van der Waals surface area contributed by atoms with Crippen LogP contribution in [0.5, 0.6) is 11.5 Å². The number of halogens is 2. The summed E-state index contributed by atoms with van der Waals surface area (Å²) in [5.41, 5.74) is 4.06. The van der Waals surface area contributed by atoms with Gasteiger partial charge in [0.1, 0.15) is 17.2 Å². The van der Waals surface area contributed by atoms with Crippen LogP contribution in [0.25, 0.3) is 16.9 Å². The van der Waals surface area contributed by atoms with E-state index in [1.54, 1.807) is 49.2 Å². The Bertz CT molecular complexity index is 1570. The van der Waals surface area contributed by atoms with E-state index in [0.717, 1.165) is 11.1 Å². The van der Waals surface area contributed by atoms with Crippen LogP contribution in [0.1, 0.15) is 27.7 Å². The Balaban J connectivity index is 1.61. The number of rotatable bonds is 8. The molecule has 0 fully saturated rings. The third kappa shape index (κ3) is 5.62. The molecule has 0 aliphatic carbocycles. The first-order chi connectivity index (χ1) is 19.0. The molecule has 0 atom stereocenters. The monoisotopic (exact) mass is 557 g/mol. The van der Waals surface area contributed by atoms with Crippen molar-refractivity contribution < 1.29 is 14.3 Å². The highest BCUT2D eigenvalue weighted by Crippen LogP contribution is 2.34. The van der Waals surface area contributed by atoms with Crippen LogP contribution in [0.3, 0.4) is 0 Å². The smallest absolute Gasteiger partial charge is 0.270 e. The Kier molecular flexibility index (Phi) is 7.87. The molecule has 4 aromatic carbocycles. The van der Waals surface area contributed by atoms with Crippen molar-refractivity contribution in [3.63, 3.8) is 0 Å². The lowest BCUT2D eigenvalue weighted by Gasteiger charge is -2.20. The molecular formula is C31H25Cl2N3O3. The van der Waals surface area contributed by atoms with Crippen molar-refractivity contribution in [3.8, 4) is 28.4 Å². The quantitative estimate of drug-likeness (QED) is 0.216. The predicted molar refractivity (Wildman–Crippen MR) is 154 cm³/mol. The van der Waals surface area contributed by atoms with Crippen LogP contribution in [0.4, 0.5) is 0 Å². The molecule has 0 aliphatic heterocycles. The van der Waals surface area contributed by atoms with Gasteiger partial charge in [-0.25, -0.2) is 4.68 Å². The van der Waals surface area contributed by atoms with E-state index in [-0.39, 0.29) is 11.9 Å². The summed E-state index contributed by atoms with van der Waals surface area (Å²) >= 11 is 12.5. The van der Waals surface area contributed by atoms with Gasteiger partial charge in [0.15, 0.2) is 0 Å². The summed E-state index contributed by atoms with van der Waals surface area (Å²) in [5.74, 6) is 0.891. The summed E-state index contributed by atoms with van der Waals surface area (Å²) in [6.45, 7) is 0. The molecule has 0 radical (unpaired) electrons. The molecule has 0 saturated carbocycles. The Labute approximate surface area is 236 Å². The standard InChI is InChI=1S/C31H25Cl2N3O3/c1-38-23-14-15-24(29(18-23)39-2)27-19-28(36(35-27)22-13-16-25(32)26(33)17-22)31(37)34-30(20-9-5-3-6-10-20)21-11-7-4-8-12-21/h3-19,30H,1-2H3,(H,34,37). The molecule has 1 N–H and O–H groups in total. The van der Waals surface area contributed by atoms with Gasteiger partial charge >= 0.3 is 0 Å². The molecule has 1 amide bonds. The zero-order valence-electron chi connectivity index (χ0n) is 21.3. The molecule has 0 saturated heterocycles. The molecule has 0 bridgehead atoms. The number of benzene rings is 4. The largest absolute Gasteiger partial charge is 0.497 e. The SMILES string of the molecule is COc1ccc(-c2cc(C(=O)NC(c3ccccc3)c3ccccc3)n(-c3ccc(Cl)c(Cl)c3)n2)c(OC)c1. The number of amides is 1. The Morgan fingerprint density at radius 1 is 0.795 bits per heavy atom. The molecular weight excluding hydrogens is 533 g/mol. The van der Waals surface area contributed by atoms with Crippen molar-refractivity contribution in [3.05, 3.63) is 130 Å². The molecule has 1 heterocycles. The molecule has 196 valence electrons. The van der Waals surface area contributed by atoms with E-state index in [9.17, 15) is 4.79 Å². The average molecular weight is 558 g/mol. The zero-order chi connectivity index (χ0) is 27.4. The van der Waals surface area contributed by atoms with Gasteiger partial charge in [0, 0.05) is 11.6 Å². The molecule has 0 spiro atoms. The van der Waals surface area contributed by atoms with Crippen molar-refractivity contribution in [1.82, 2.24) is 15.1 Å². The predicted octanol–water partition coefficient (Wildman–Crippen LogP) is 7.38. The Hall–Kier alpha value is -4.26. The first kappa shape index (κ1) is 26.4. The molecule has 39 heavy (non-hydrogen) atoms. The van der Waals surface area contributed by atoms with Crippen LogP contribution in [0.15, 0.2) is 103 Å². The number of carbonyl (C=O) groups excluding carboxylic acids is 1. The van der Waals surface area contributed by atoms with E-state index in [1.165, 1.54) is 0 Å². The van der Waals surface area contributed by atoms with Crippen LogP contribution in [-0.4, -0.2) is 29.9 Å². The van der Waals surface area contributed by atoms with Gasteiger partial charge in [0.2, 0.25) is 0 Å². The second-order valence-corrected chi connectivity index (χ2v) is 9.53. The minimum Gasteiger partial charge on any atom is -0.497 e. The highest BCUT2D eigenvalue weighted by molar-refractivity contribution is 6.42. The summed E-state index contributed by atoms with van der Waals surface area (Å²) in [5, 5.41) is 8.76. The molecule has 0 unspecified atom stereocenters. The number of methoxy groups -OCH3 is 2. The van der Waals surface area contributed by atoms with E-state index in [2.05, 4.69) is 5.32 Å². The Morgan fingerprint density at radius 2 is 1.46 bits per heavy atom. The van der Waals surface area contributed by atoms with Crippen molar-refractivity contribution in [2.75, 3.05) is 14.2 Å². The maximum Gasteiger partial charge on any atom is 0.270 e. The topological polar surface area (TPSA) is 65.4 Å². The second-order valence-electron chi connectivity index (χ2n) is 8.72. The minimum atomic E-state index is -0.379. The third-order valence-electron chi connectivity index (χ3n) is 6.32. The molecule has 5 rings (SSSR count). The van der Waals surface area contributed by atoms with Crippen LogP contribution in [-0.2, 0) is 0 Å². The second kappa shape index (κ2) is 11.6. The summed E-state index contributed by atoms with van der Waals surface area (Å²) in [6.07, 6.45) is 0. The van der Waals surface area contributed by atoms with E-state index < -0.39 is 0 Å². The number of hydrogen-bond donors (Lipinski definition) is 1. The molecule has 6 nitrogen and oxygen atoms in total. The van der Waals surface area contributed by atoms with Crippen LogP contribution >= 0.6 is 23.2 Å². The van der Waals surface area contributed by atoms with Crippen molar-refractivity contribution in [1.29, 1.82) is 0 Å². The highest BCUT2D eigenvalue weighted by Gasteiger charge is 2.24. The van der Waals surface area contributed by atoms with E-state index in [0.29, 0.717) is 44.2 Å². The van der Waals surface area contributed by atoms with Gasteiger partial charge in [0.25, 0.3) is 5.91 Å². The summed E-state index contributed by atoms with van der Waals surface area (Å²) in [4.78, 5) is 14.0. The van der Waals surface area contributed by atoms with Crippen LogP contribution in [0.2, 0.25) is 10.0 Å². The number of nitrogens with one attached hydrogen (secondary N) is 1. The number of carbonyl (C=O) groups is 1. The Morgan fingerprint density at radius 3 is 2.05 bits per heavy atom. The van der Waals surface area contributed by atoms with Gasteiger partial charge in [-0.15, -0.1) is 0 Å². The van der Waals surface area contributed by atoms with Crippen LogP contribution < -0.4 is 14.8 Å². The zero-order valence-corrected chi connectivity index (χ0v) is 22.8. The molecule has 8 heteroatoms. The van der Waals surface area contributed by atoms with Crippen LogP contribution in [0, 0.1) is 0 Å². The maximum absolute atomic E-state index is 14.0. The van der Waals surface area contributed by atoms with Gasteiger partial charge < -0.3 is 14.8 Å². The fourth-order valence-electron chi connectivity index (χ4n) is 4.35. The fourth-order valence-corrected chi connectivity index (χ4v) is 4.65. The molecule has 0 aliphatic rings. The number of aromatic nitrogens is 2. The normalized spacial score (nSPS) is 10.9. The maximum atomic E-state index is 14.0. The summed E-state index contributed by atoms with van der Waals surface area (Å²) in [6, 6.07) is 31.5. The first-order valence-corrected chi connectivity index (χ1v) is 12.9. The van der Waals surface area contributed by atoms with Gasteiger partial charge in [-0.2, -0.15) is 5.10 Å². The number of hydrogen-bond acceptors (Lipinski definition) is 4. The fraction of sp³-hybridized carbons (Fsp3) is 0.0968. The van der Waals surface area contributed by atoms with E-state index in [1.807, 2.05) is 72.8 Å². The molecule has 5 aromatic rings. The summed E-state index contributed by atoms with van der Waals surface area (Å²) < 4.78 is 12.5. The average Bonchev–Trinajstić information content (AvgIpc) is 3.43. The minimum absolute atomic E-state index is 0.315.